The Balaban J connectivity index is 2.25. The Kier molecular flexibility index (Phi) is 3.30. The summed E-state index contributed by atoms with van der Waals surface area (Å²) in [7, 11) is 4.65. The SMILES string of the molecule is CN(C)C(=O)C1(F)CCN(c2nccn(C)c2=O)C1. The van der Waals surface area contributed by atoms with E-state index in [4.69, 9.17) is 0 Å². The summed E-state index contributed by atoms with van der Waals surface area (Å²) in [5.74, 6) is -0.376. The summed E-state index contributed by atoms with van der Waals surface area (Å²) in [5, 5.41) is 0. The zero-order chi connectivity index (χ0) is 14.2. The van der Waals surface area contributed by atoms with Crippen LogP contribution in [-0.2, 0) is 11.8 Å². The van der Waals surface area contributed by atoms with Crippen molar-refractivity contribution in [2.45, 2.75) is 12.1 Å². The van der Waals surface area contributed by atoms with Crippen molar-refractivity contribution in [1.82, 2.24) is 14.5 Å². The van der Waals surface area contributed by atoms with Crippen LogP contribution in [0.15, 0.2) is 17.2 Å². The molecule has 1 aromatic rings. The smallest absolute Gasteiger partial charge is 0.293 e. The van der Waals surface area contributed by atoms with Gasteiger partial charge >= 0.3 is 0 Å². The molecule has 1 fully saturated rings. The summed E-state index contributed by atoms with van der Waals surface area (Å²) in [6, 6.07) is 0. The van der Waals surface area contributed by atoms with Crippen LogP contribution in [0.25, 0.3) is 0 Å². The second kappa shape index (κ2) is 4.64. The van der Waals surface area contributed by atoms with Gasteiger partial charge in [0.1, 0.15) is 0 Å². The Labute approximate surface area is 110 Å². The number of nitrogens with zero attached hydrogens (tertiary/aromatic N) is 4. The molecule has 1 unspecified atom stereocenters. The molecule has 0 aromatic carbocycles. The van der Waals surface area contributed by atoms with Crippen molar-refractivity contribution in [3.8, 4) is 0 Å². The van der Waals surface area contributed by atoms with Crippen molar-refractivity contribution < 1.29 is 9.18 Å². The van der Waals surface area contributed by atoms with Gasteiger partial charge in [0.2, 0.25) is 5.67 Å². The van der Waals surface area contributed by atoms with E-state index < -0.39 is 11.6 Å². The van der Waals surface area contributed by atoms with Crippen LogP contribution in [0.2, 0.25) is 0 Å². The average Bonchev–Trinajstić information content (AvgIpc) is 2.75. The molecule has 1 aliphatic rings. The minimum Gasteiger partial charge on any atom is -0.348 e. The summed E-state index contributed by atoms with van der Waals surface area (Å²) in [6.45, 7) is 0.179. The number of anilines is 1. The first-order chi connectivity index (χ1) is 8.85. The molecule has 7 heteroatoms. The predicted octanol–water partition coefficient (Wildman–Crippen LogP) is -0.213. The fraction of sp³-hybridized carbons (Fsp3) is 0.583. The topological polar surface area (TPSA) is 58.4 Å². The lowest BCUT2D eigenvalue weighted by molar-refractivity contribution is -0.139. The van der Waals surface area contributed by atoms with Gasteiger partial charge in [-0.15, -0.1) is 0 Å². The molecule has 104 valence electrons. The van der Waals surface area contributed by atoms with Crippen molar-refractivity contribution in [2.24, 2.45) is 7.05 Å². The van der Waals surface area contributed by atoms with Gasteiger partial charge in [0.25, 0.3) is 11.5 Å². The van der Waals surface area contributed by atoms with E-state index in [-0.39, 0.29) is 24.3 Å². The minimum atomic E-state index is -1.94. The van der Waals surface area contributed by atoms with Gasteiger partial charge in [-0.25, -0.2) is 9.37 Å². The van der Waals surface area contributed by atoms with Crippen molar-refractivity contribution in [1.29, 1.82) is 0 Å². The molecule has 1 aliphatic heterocycles. The molecule has 6 nitrogen and oxygen atoms in total. The zero-order valence-electron chi connectivity index (χ0n) is 11.3. The second-order valence-corrected chi connectivity index (χ2v) is 5.00. The molecule has 1 amide bonds. The third-order valence-corrected chi connectivity index (χ3v) is 3.31. The molecule has 1 saturated heterocycles. The number of aryl methyl sites for hydroxylation is 1. The third kappa shape index (κ3) is 2.32. The van der Waals surface area contributed by atoms with Gasteiger partial charge in [-0.3, -0.25) is 9.59 Å². The predicted molar refractivity (Wildman–Crippen MR) is 68.8 cm³/mol. The average molecular weight is 268 g/mol. The minimum absolute atomic E-state index is 0.0732. The molecule has 1 aromatic heterocycles. The van der Waals surface area contributed by atoms with E-state index in [9.17, 15) is 14.0 Å². The Morgan fingerprint density at radius 3 is 2.84 bits per heavy atom. The molecule has 0 saturated carbocycles. The number of aromatic nitrogens is 2. The molecule has 0 aliphatic carbocycles. The molecular weight excluding hydrogens is 251 g/mol. The Morgan fingerprint density at radius 1 is 1.53 bits per heavy atom. The number of halogens is 1. The first-order valence-corrected chi connectivity index (χ1v) is 6.02. The van der Waals surface area contributed by atoms with E-state index in [2.05, 4.69) is 4.98 Å². The second-order valence-electron chi connectivity index (χ2n) is 5.00. The highest BCUT2D eigenvalue weighted by molar-refractivity contribution is 5.86. The number of amides is 1. The zero-order valence-corrected chi connectivity index (χ0v) is 11.3. The maximum absolute atomic E-state index is 14.6. The molecule has 0 bridgehead atoms. The van der Waals surface area contributed by atoms with Crippen LogP contribution in [0.5, 0.6) is 0 Å². The summed E-state index contributed by atoms with van der Waals surface area (Å²) in [5.41, 5.74) is -2.23. The molecular formula is C12H17FN4O2. The van der Waals surface area contributed by atoms with Crippen molar-refractivity contribution in [3.63, 3.8) is 0 Å². The van der Waals surface area contributed by atoms with E-state index in [1.165, 1.54) is 40.9 Å². The Hall–Kier alpha value is -1.92. The summed E-state index contributed by atoms with van der Waals surface area (Å²) >= 11 is 0. The largest absolute Gasteiger partial charge is 0.348 e. The molecule has 0 radical (unpaired) electrons. The fourth-order valence-electron chi connectivity index (χ4n) is 2.23. The van der Waals surface area contributed by atoms with E-state index in [1.54, 1.807) is 7.05 Å². The van der Waals surface area contributed by atoms with Gasteiger partial charge in [-0.05, 0) is 0 Å². The Morgan fingerprint density at radius 2 is 2.21 bits per heavy atom. The normalized spacial score (nSPS) is 22.6. The molecule has 1 atom stereocenters. The Bertz CT molecular complexity index is 557. The monoisotopic (exact) mass is 268 g/mol. The highest BCUT2D eigenvalue weighted by Gasteiger charge is 2.46. The van der Waals surface area contributed by atoms with Crippen molar-refractivity contribution >= 4 is 11.7 Å². The molecule has 0 spiro atoms. The third-order valence-electron chi connectivity index (χ3n) is 3.31. The molecule has 2 rings (SSSR count). The lowest BCUT2D eigenvalue weighted by Crippen LogP contribution is -2.45. The number of hydrogen-bond acceptors (Lipinski definition) is 4. The maximum atomic E-state index is 14.6. The van der Waals surface area contributed by atoms with Gasteiger partial charge in [-0.1, -0.05) is 0 Å². The van der Waals surface area contributed by atoms with Gasteiger partial charge in [0.15, 0.2) is 5.82 Å². The van der Waals surface area contributed by atoms with E-state index >= 15 is 0 Å². The quantitative estimate of drug-likeness (QED) is 0.744. The van der Waals surface area contributed by atoms with Crippen LogP contribution in [0, 0.1) is 0 Å². The number of rotatable bonds is 2. The summed E-state index contributed by atoms with van der Waals surface area (Å²) in [4.78, 5) is 30.5. The standard InChI is InChI=1S/C12H17FN4O2/c1-15(2)11(19)12(13)4-6-17(8-12)9-10(18)16(3)7-5-14-9/h5,7H,4,6,8H2,1-3H3. The lowest BCUT2D eigenvalue weighted by atomic mass is 10.0. The summed E-state index contributed by atoms with van der Waals surface area (Å²) < 4.78 is 15.9. The van der Waals surface area contributed by atoms with Gasteiger partial charge < -0.3 is 14.4 Å². The van der Waals surface area contributed by atoms with E-state index in [0.29, 0.717) is 6.54 Å². The number of carbonyl (C=O) groups is 1. The molecule has 19 heavy (non-hydrogen) atoms. The van der Waals surface area contributed by atoms with E-state index in [1.807, 2.05) is 0 Å². The number of alkyl halides is 1. The van der Waals surface area contributed by atoms with Crippen LogP contribution >= 0.6 is 0 Å². The van der Waals surface area contributed by atoms with Crippen LogP contribution in [0.3, 0.4) is 0 Å². The van der Waals surface area contributed by atoms with Gasteiger partial charge in [0, 0.05) is 46.5 Å². The van der Waals surface area contributed by atoms with Crippen LogP contribution in [0.4, 0.5) is 10.2 Å². The first-order valence-electron chi connectivity index (χ1n) is 6.02. The van der Waals surface area contributed by atoms with Gasteiger partial charge in [0.05, 0.1) is 6.54 Å². The summed E-state index contributed by atoms with van der Waals surface area (Å²) in [6.07, 6.45) is 3.10. The maximum Gasteiger partial charge on any atom is 0.293 e. The van der Waals surface area contributed by atoms with Crippen molar-refractivity contribution in [2.75, 3.05) is 32.1 Å². The lowest BCUT2D eigenvalue weighted by Gasteiger charge is -2.23. The highest BCUT2D eigenvalue weighted by atomic mass is 19.1. The van der Waals surface area contributed by atoms with Crippen molar-refractivity contribution in [3.05, 3.63) is 22.7 Å². The van der Waals surface area contributed by atoms with Crippen LogP contribution in [-0.4, -0.2) is 53.2 Å². The number of hydrogen-bond donors (Lipinski definition) is 0. The van der Waals surface area contributed by atoms with E-state index in [0.717, 1.165) is 0 Å². The highest BCUT2D eigenvalue weighted by Crippen LogP contribution is 2.28. The van der Waals surface area contributed by atoms with Gasteiger partial charge in [-0.2, -0.15) is 0 Å². The fourth-order valence-corrected chi connectivity index (χ4v) is 2.23. The van der Waals surface area contributed by atoms with Crippen LogP contribution in [0.1, 0.15) is 6.42 Å². The van der Waals surface area contributed by atoms with Crippen LogP contribution < -0.4 is 10.5 Å². The molecule has 2 heterocycles. The number of carbonyl (C=O) groups excluding carboxylic acids is 1. The first kappa shape index (κ1) is 13.5. The molecule has 0 N–H and O–H groups in total.